The van der Waals surface area contributed by atoms with Gasteiger partial charge >= 0.3 is 0 Å². The van der Waals surface area contributed by atoms with Crippen LogP contribution in [0.3, 0.4) is 0 Å². The van der Waals surface area contributed by atoms with Gasteiger partial charge < -0.3 is 18.7 Å². The molecule has 0 aliphatic carbocycles. The number of methoxy groups -OCH3 is 1. The van der Waals surface area contributed by atoms with Crippen LogP contribution in [0, 0.1) is 0 Å². The first kappa shape index (κ1) is 16.1. The van der Waals surface area contributed by atoms with Gasteiger partial charge in [0.05, 0.1) is 12.7 Å². The highest BCUT2D eigenvalue weighted by Crippen LogP contribution is 2.38. The van der Waals surface area contributed by atoms with Crippen molar-refractivity contribution in [3.63, 3.8) is 0 Å². The minimum Gasteiger partial charge on any atom is -0.376 e. The van der Waals surface area contributed by atoms with E-state index in [-0.39, 0.29) is 31.0 Å². The largest absolute Gasteiger partial charge is 0.376 e. The monoisotopic (exact) mass is 280 g/mol. The molecule has 1 saturated heterocycles. The summed E-state index contributed by atoms with van der Waals surface area (Å²) in [4.78, 5) is 0. The van der Waals surface area contributed by atoms with Gasteiger partial charge in [0.15, 0.2) is 7.37 Å². The van der Waals surface area contributed by atoms with Crippen LogP contribution < -0.4 is 0 Å². The van der Waals surface area contributed by atoms with Crippen molar-refractivity contribution in [2.75, 3.05) is 33.7 Å². The Labute approximate surface area is 110 Å². The molecule has 1 rings (SSSR count). The highest BCUT2D eigenvalue weighted by molar-refractivity contribution is 7.57. The molecule has 0 saturated carbocycles. The molecule has 0 amide bonds. The fourth-order valence-electron chi connectivity index (χ4n) is 2.07. The molecule has 0 bridgehead atoms. The predicted octanol–water partition coefficient (Wildman–Crippen LogP) is 2.14. The molecule has 0 spiro atoms. The van der Waals surface area contributed by atoms with Crippen LogP contribution in [0.1, 0.15) is 20.3 Å². The van der Waals surface area contributed by atoms with Gasteiger partial charge in [-0.3, -0.25) is 4.57 Å². The van der Waals surface area contributed by atoms with E-state index in [2.05, 4.69) is 6.92 Å². The van der Waals surface area contributed by atoms with Crippen molar-refractivity contribution >= 4 is 7.37 Å². The summed E-state index contributed by atoms with van der Waals surface area (Å²) in [6, 6.07) is 0. The third-order valence-electron chi connectivity index (χ3n) is 2.88. The van der Waals surface area contributed by atoms with Crippen molar-refractivity contribution in [2.24, 2.45) is 0 Å². The zero-order valence-electron chi connectivity index (χ0n) is 11.9. The predicted molar refractivity (Wildman–Crippen MR) is 70.6 cm³/mol. The lowest BCUT2D eigenvalue weighted by Crippen LogP contribution is -2.37. The number of hydrogen-bond acceptors (Lipinski definition) is 5. The van der Waals surface area contributed by atoms with E-state index in [4.69, 9.17) is 18.7 Å². The summed E-state index contributed by atoms with van der Waals surface area (Å²) in [5.41, 5.74) is 0. The number of rotatable bonds is 7. The van der Waals surface area contributed by atoms with E-state index in [0.29, 0.717) is 6.61 Å². The maximum absolute atomic E-state index is 11.6. The third kappa shape index (κ3) is 4.63. The summed E-state index contributed by atoms with van der Waals surface area (Å²) < 4.78 is 33.9. The molecular formula is C12H25O5P. The van der Waals surface area contributed by atoms with E-state index in [1.165, 1.54) is 0 Å². The molecule has 0 N–H and O–H groups in total. The summed E-state index contributed by atoms with van der Waals surface area (Å²) in [5, 5.41) is 0. The molecule has 1 fully saturated rings. The van der Waals surface area contributed by atoms with Crippen LogP contribution in [0.15, 0.2) is 0 Å². The normalized spacial score (nSPS) is 32.9. The molecule has 6 heteroatoms. The van der Waals surface area contributed by atoms with Crippen LogP contribution in [0.4, 0.5) is 0 Å². The first-order valence-electron chi connectivity index (χ1n) is 6.38. The quantitative estimate of drug-likeness (QED) is 0.669. The van der Waals surface area contributed by atoms with Crippen molar-refractivity contribution in [3.8, 4) is 0 Å². The van der Waals surface area contributed by atoms with Crippen molar-refractivity contribution in [3.05, 3.63) is 0 Å². The Morgan fingerprint density at radius 3 is 2.44 bits per heavy atom. The van der Waals surface area contributed by atoms with Crippen molar-refractivity contribution in [1.29, 1.82) is 0 Å². The standard InChI is InChI=1S/C12H25O5P/c1-6-7-15-11-9(2)17-10(12(11)14-3)8-16-18(4,5)13/h9-12H,6-8H2,1-5H3. The van der Waals surface area contributed by atoms with Gasteiger partial charge in [-0.1, -0.05) is 6.92 Å². The second kappa shape index (κ2) is 7.01. The van der Waals surface area contributed by atoms with Gasteiger partial charge in [0, 0.05) is 27.0 Å². The second-order valence-corrected chi connectivity index (χ2v) is 7.73. The molecule has 0 aromatic rings. The van der Waals surface area contributed by atoms with Gasteiger partial charge in [0.25, 0.3) is 0 Å². The first-order chi connectivity index (χ1) is 8.39. The Morgan fingerprint density at radius 2 is 1.94 bits per heavy atom. The van der Waals surface area contributed by atoms with Gasteiger partial charge in [-0.15, -0.1) is 0 Å². The molecule has 5 nitrogen and oxygen atoms in total. The maximum atomic E-state index is 11.6. The molecule has 0 aromatic carbocycles. The van der Waals surface area contributed by atoms with Gasteiger partial charge in [0.1, 0.15) is 18.3 Å². The highest BCUT2D eigenvalue weighted by atomic mass is 31.2. The maximum Gasteiger partial charge on any atom is 0.197 e. The lowest BCUT2D eigenvalue weighted by molar-refractivity contribution is -0.0507. The lowest BCUT2D eigenvalue weighted by atomic mass is 10.1. The van der Waals surface area contributed by atoms with E-state index >= 15 is 0 Å². The fraction of sp³-hybridized carbons (Fsp3) is 1.00. The zero-order chi connectivity index (χ0) is 13.8. The summed E-state index contributed by atoms with van der Waals surface area (Å²) in [6.07, 6.45) is 0.443. The molecular weight excluding hydrogens is 255 g/mol. The average Bonchev–Trinajstić information content (AvgIpc) is 2.58. The summed E-state index contributed by atoms with van der Waals surface area (Å²) in [7, 11) is -0.854. The van der Waals surface area contributed by atoms with E-state index in [1.807, 2.05) is 6.92 Å². The van der Waals surface area contributed by atoms with Gasteiger partial charge in [-0.2, -0.15) is 0 Å². The SMILES string of the molecule is CCCOC1C(C)OC(COP(C)(C)=O)C1OC. The van der Waals surface area contributed by atoms with Crippen LogP contribution in [-0.2, 0) is 23.3 Å². The minimum atomic E-state index is -2.49. The Hall–Kier alpha value is 0.0700. The molecule has 108 valence electrons. The third-order valence-corrected chi connectivity index (χ3v) is 3.65. The Bertz CT molecular complexity index is 290. The Morgan fingerprint density at radius 1 is 1.28 bits per heavy atom. The summed E-state index contributed by atoms with van der Waals surface area (Å²) >= 11 is 0. The molecule has 18 heavy (non-hydrogen) atoms. The van der Waals surface area contributed by atoms with Crippen LogP contribution in [-0.4, -0.2) is 58.1 Å². The van der Waals surface area contributed by atoms with E-state index in [0.717, 1.165) is 6.42 Å². The molecule has 0 aromatic heterocycles. The molecule has 0 radical (unpaired) electrons. The van der Waals surface area contributed by atoms with Crippen molar-refractivity contribution in [2.45, 2.75) is 44.7 Å². The van der Waals surface area contributed by atoms with Crippen LogP contribution in [0.25, 0.3) is 0 Å². The Kier molecular flexibility index (Phi) is 6.28. The van der Waals surface area contributed by atoms with Crippen LogP contribution >= 0.6 is 7.37 Å². The van der Waals surface area contributed by atoms with Gasteiger partial charge in [-0.05, 0) is 13.3 Å². The molecule has 1 heterocycles. The van der Waals surface area contributed by atoms with Crippen LogP contribution in [0.2, 0.25) is 0 Å². The topological polar surface area (TPSA) is 54.0 Å². The number of ether oxygens (including phenoxy) is 3. The van der Waals surface area contributed by atoms with Crippen molar-refractivity contribution in [1.82, 2.24) is 0 Å². The summed E-state index contributed by atoms with van der Waals surface area (Å²) in [6.45, 7) is 8.18. The zero-order valence-corrected chi connectivity index (χ0v) is 12.8. The molecule has 1 aliphatic rings. The van der Waals surface area contributed by atoms with E-state index < -0.39 is 7.37 Å². The lowest BCUT2D eigenvalue weighted by Gasteiger charge is -2.22. The Balaban J connectivity index is 2.56. The van der Waals surface area contributed by atoms with Crippen LogP contribution in [0.5, 0.6) is 0 Å². The van der Waals surface area contributed by atoms with Gasteiger partial charge in [-0.25, -0.2) is 0 Å². The molecule has 4 unspecified atom stereocenters. The van der Waals surface area contributed by atoms with E-state index in [9.17, 15) is 4.57 Å². The van der Waals surface area contributed by atoms with Crippen molar-refractivity contribution < 1.29 is 23.3 Å². The highest BCUT2D eigenvalue weighted by Gasteiger charge is 2.43. The summed E-state index contributed by atoms with van der Waals surface area (Å²) in [5.74, 6) is 0. The average molecular weight is 280 g/mol. The van der Waals surface area contributed by atoms with Gasteiger partial charge in [0.2, 0.25) is 0 Å². The van der Waals surface area contributed by atoms with E-state index in [1.54, 1.807) is 20.4 Å². The minimum absolute atomic E-state index is 0.0387. The smallest absolute Gasteiger partial charge is 0.197 e. The number of hydrogen-bond donors (Lipinski definition) is 0. The second-order valence-electron chi connectivity index (χ2n) is 4.96. The first-order valence-corrected chi connectivity index (χ1v) is 8.90. The molecule has 4 atom stereocenters. The fourth-order valence-corrected chi connectivity index (χ4v) is 2.57. The molecule has 1 aliphatic heterocycles.